The average molecular weight is 290 g/mol. The van der Waals surface area contributed by atoms with Crippen LogP contribution in [-0.4, -0.2) is 31.1 Å². The number of para-hydroxylation sites is 1. The summed E-state index contributed by atoms with van der Waals surface area (Å²) in [6.07, 6.45) is 1.63. The molecule has 0 aromatic heterocycles. The Kier molecular flexibility index (Phi) is 5.33. The highest BCUT2D eigenvalue weighted by Crippen LogP contribution is 2.21. The maximum atomic E-state index is 12.4. The lowest BCUT2D eigenvalue weighted by Gasteiger charge is -2.27. The largest absolute Gasteiger partial charge is 0.462 e. The summed E-state index contributed by atoms with van der Waals surface area (Å²) >= 11 is 0. The van der Waals surface area contributed by atoms with Crippen molar-refractivity contribution in [3.8, 4) is 0 Å². The van der Waals surface area contributed by atoms with Crippen LogP contribution in [0.4, 0.5) is 5.69 Å². The SMILES string of the molecule is CCOC(=O)c1ccccc1NC(=O)C1CCNC(C)C1. The Morgan fingerprint density at radius 1 is 1.38 bits per heavy atom. The van der Waals surface area contributed by atoms with Crippen LogP contribution in [0.1, 0.15) is 37.0 Å². The highest BCUT2D eigenvalue weighted by atomic mass is 16.5. The van der Waals surface area contributed by atoms with Gasteiger partial charge in [0.15, 0.2) is 0 Å². The normalized spacial score (nSPS) is 21.6. The Morgan fingerprint density at radius 2 is 2.14 bits per heavy atom. The molecule has 114 valence electrons. The fourth-order valence-electron chi connectivity index (χ4n) is 2.58. The van der Waals surface area contributed by atoms with Crippen molar-refractivity contribution >= 4 is 17.6 Å². The van der Waals surface area contributed by atoms with Crippen LogP contribution < -0.4 is 10.6 Å². The van der Waals surface area contributed by atoms with Crippen molar-refractivity contribution in [3.05, 3.63) is 29.8 Å². The second kappa shape index (κ2) is 7.22. The molecule has 1 aromatic carbocycles. The molecule has 2 N–H and O–H groups in total. The molecule has 5 heteroatoms. The molecule has 0 aliphatic carbocycles. The van der Waals surface area contributed by atoms with Crippen molar-refractivity contribution < 1.29 is 14.3 Å². The van der Waals surface area contributed by atoms with E-state index >= 15 is 0 Å². The van der Waals surface area contributed by atoms with Gasteiger partial charge in [0.1, 0.15) is 0 Å². The van der Waals surface area contributed by atoms with Gasteiger partial charge in [0, 0.05) is 12.0 Å². The third-order valence-corrected chi connectivity index (χ3v) is 3.67. The van der Waals surface area contributed by atoms with Crippen LogP contribution in [0.15, 0.2) is 24.3 Å². The first-order chi connectivity index (χ1) is 10.1. The molecule has 21 heavy (non-hydrogen) atoms. The Hall–Kier alpha value is -1.88. The summed E-state index contributed by atoms with van der Waals surface area (Å²) in [7, 11) is 0. The van der Waals surface area contributed by atoms with E-state index in [4.69, 9.17) is 4.74 Å². The molecule has 1 amide bonds. The lowest BCUT2D eigenvalue weighted by atomic mass is 9.92. The zero-order chi connectivity index (χ0) is 15.2. The molecular weight excluding hydrogens is 268 g/mol. The minimum absolute atomic E-state index is 0.0171. The number of amides is 1. The minimum Gasteiger partial charge on any atom is -0.462 e. The van der Waals surface area contributed by atoms with Crippen molar-refractivity contribution in [1.82, 2.24) is 5.32 Å². The molecule has 1 aliphatic heterocycles. The molecule has 1 fully saturated rings. The van der Waals surface area contributed by atoms with E-state index in [1.807, 2.05) is 0 Å². The molecule has 0 saturated carbocycles. The molecule has 0 spiro atoms. The van der Waals surface area contributed by atoms with Crippen LogP contribution in [-0.2, 0) is 9.53 Å². The topological polar surface area (TPSA) is 67.4 Å². The Bertz CT molecular complexity index is 516. The molecule has 1 heterocycles. The van der Waals surface area contributed by atoms with Crippen molar-refractivity contribution in [2.24, 2.45) is 5.92 Å². The Balaban J connectivity index is 2.08. The predicted octanol–water partition coefficient (Wildman–Crippen LogP) is 2.19. The number of benzene rings is 1. The van der Waals surface area contributed by atoms with Crippen LogP contribution in [0, 0.1) is 5.92 Å². The van der Waals surface area contributed by atoms with Gasteiger partial charge >= 0.3 is 5.97 Å². The van der Waals surface area contributed by atoms with E-state index in [0.717, 1.165) is 19.4 Å². The zero-order valence-electron chi connectivity index (χ0n) is 12.5. The van der Waals surface area contributed by atoms with Gasteiger partial charge < -0.3 is 15.4 Å². The van der Waals surface area contributed by atoms with E-state index in [9.17, 15) is 9.59 Å². The number of esters is 1. The Morgan fingerprint density at radius 3 is 2.86 bits per heavy atom. The summed E-state index contributed by atoms with van der Waals surface area (Å²) in [6, 6.07) is 7.29. The van der Waals surface area contributed by atoms with Crippen LogP contribution >= 0.6 is 0 Å². The van der Waals surface area contributed by atoms with Gasteiger partial charge in [0.25, 0.3) is 0 Å². The van der Waals surface area contributed by atoms with E-state index in [1.165, 1.54) is 0 Å². The lowest BCUT2D eigenvalue weighted by molar-refractivity contribution is -0.120. The maximum absolute atomic E-state index is 12.4. The third-order valence-electron chi connectivity index (χ3n) is 3.67. The molecule has 2 atom stereocenters. The van der Waals surface area contributed by atoms with Gasteiger partial charge in [-0.1, -0.05) is 12.1 Å². The van der Waals surface area contributed by atoms with Gasteiger partial charge in [-0.2, -0.15) is 0 Å². The first kappa shape index (κ1) is 15.5. The third kappa shape index (κ3) is 4.04. The molecule has 0 radical (unpaired) electrons. The second-order valence-electron chi connectivity index (χ2n) is 5.33. The monoisotopic (exact) mass is 290 g/mol. The molecule has 0 bridgehead atoms. The van der Waals surface area contributed by atoms with E-state index in [2.05, 4.69) is 17.6 Å². The van der Waals surface area contributed by atoms with Gasteiger partial charge in [-0.15, -0.1) is 0 Å². The number of ether oxygens (including phenoxy) is 1. The van der Waals surface area contributed by atoms with E-state index < -0.39 is 5.97 Å². The number of carbonyl (C=O) groups is 2. The highest BCUT2D eigenvalue weighted by molar-refractivity contribution is 6.01. The van der Waals surface area contributed by atoms with Gasteiger partial charge in [-0.3, -0.25) is 4.79 Å². The summed E-state index contributed by atoms with van der Waals surface area (Å²) in [6.45, 7) is 4.99. The van der Waals surface area contributed by atoms with E-state index in [0.29, 0.717) is 23.9 Å². The summed E-state index contributed by atoms with van der Waals surface area (Å²) in [5.41, 5.74) is 0.918. The summed E-state index contributed by atoms with van der Waals surface area (Å²) in [5.74, 6) is -0.455. The van der Waals surface area contributed by atoms with Gasteiger partial charge in [0.2, 0.25) is 5.91 Å². The number of hydrogen-bond acceptors (Lipinski definition) is 4. The van der Waals surface area contributed by atoms with Crippen molar-refractivity contribution in [3.63, 3.8) is 0 Å². The van der Waals surface area contributed by atoms with Crippen LogP contribution in [0.3, 0.4) is 0 Å². The minimum atomic E-state index is -0.410. The molecule has 1 aliphatic rings. The molecule has 5 nitrogen and oxygen atoms in total. The fraction of sp³-hybridized carbons (Fsp3) is 0.500. The van der Waals surface area contributed by atoms with Gasteiger partial charge in [0.05, 0.1) is 17.9 Å². The zero-order valence-corrected chi connectivity index (χ0v) is 12.5. The lowest BCUT2D eigenvalue weighted by Crippen LogP contribution is -2.40. The molecule has 1 saturated heterocycles. The number of hydrogen-bond donors (Lipinski definition) is 2. The molecule has 1 aromatic rings. The van der Waals surface area contributed by atoms with Crippen molar-refractivity contribution in [2.75, 3.05) is 18.5 Å². The second-order valence-corrected chi connectivity index (χ2v) is 5.33. The van der Waals surface area contributed by atoms with Crippen molar-refractivity contribution in [2.45, 2.75) is 32.7 Å². The van der Waals surface area contributed by atoms with Gasteiger partial charge in [-0.05, 0) is 45.4 Å². The predicted molar refractivity (Wildman–Crippen MR) is 81.2 cm³/mol. The van der Waals surface area contributed by atoms with Crippen LogP contribution in [0.25, 0.3) is 0 Å². The fourth-order valence-corrected chi connectivity index (χ4v) is 2.58. The highest BCUT2D eigenvalue weighted by Gasteiger charge is 2.25. The number of piperidine rings is 1. The summed E-state index contributed by atoms with van der Waals surface area (Å²) in [5, 5.41) is 6.20. The van der Waals surface area contributed by atoms with E-state index in [-0.39, 0.29) is 11.8 Å². The maximum Gasteiger partial charge on any atom is 0.340 e. The molecular formula is C16H22N2O3. The first-order valence-electron chi connectivity index (χ1n) is 7.42. The quantitative estimate of drug-likeness (QED) is 0.834. The standard InChI is InChI=1S/C16H22N2O3/c1-3-21-16(20)13-6-4-5-7-14(13)18-15(19)12-8-9-17-11(2)10-12/h4-7,11-12,17H,3,8-10H2,1-2H3,(H,18,19). The number of carbonyl (C=O) groups excluding carboxylic acids is 2. The smallest absolute Gasteiger partial charge is 0.340 e. The number of rotatable bonds is 4. The Labute approximate surface area is 125 Å². The summed E-state index contributed by atoms with van der Waals surface area (Å²) < 4.78 is 5.01. The molecule has 2 rings (SSSR count). The van der Waals surface area contributed by atoms with Crippen LogP contribution in [0.2, 0.25) is 0 Å². The average Bonchev–Trinajstić information content (AvgIpc) is 2.48. The van der Waals surface area contributed by atoms with E-state index in [1.54, 1.807) is 31.2 Å². The van der Waals surface area contributed by atoms with Gasteiger partial charge in [-0.25, -0.2) is 4.79 Å². The first-order valence-corrected chi connectivity index (χ1v) is 7.42. The summed E-state index contributed by atoms with van der Waals surface area (Å²) in [4.78, 5) is 24.2. The number of nitrogens with one attached hydrogen (secondary N) is 2. The van der Waals surface area contributed by atoms with Crippen molar-refractivity contribution in [1.29, 1.82) is 0 Å². The number of anilines is 1. The molecule has 2 unspecified atom stereocenters. The van der Waals surface area contributed by atoms with Crippen LogP contribution in [0.5, 0.6) is 0 Å².